The van der Waals surface area contributed by atoms with E-state index in [1.807, 2.05) is 128 Å². The van der Waals surface area contributed by atoms with Gasteiger partial charge in [0.1, 0.15) is 26.2 Å². The fraction of sp³-hybridized carbons (Fsp3) is 0.355. The average molecular weight is 1200 g/mol. The van der Waals surface area contributed by atoms with E-state index in [2.05, 4.69) is 0 Å². The standard InChI is InChI=1S/C62H60F12N8.Mn/c63-59(64,65)31-7-1-2-11-35-79-36-12-3-19-51(79)55-43-23-25-45(75-43)56(52-20-4-13-37-80(52)40-16-8-32-60(66,67)68)47-27-29-49(77-47)58(54-22-6-15-39-82(54)42-18-10-34-62(72,73)74)50-30-28-48(78-50)57(46-26-24-44(55)76-46)53-21-5-14-38-81(53)41-17-9-33-61(69,70)71;/h3-6,12-15,19-30,36-39H,1-2,7-11,16-18,31-35,40-42H2;/q2*+2. The van der Waals surface area contributed by atoms with Crippen LogP contribution in [0, 0.1) is 0 Å². The molecular weight excluding hydrogens is 1140 g/mol. The Morgan fingerprint density at radius 1 is 0.301 bits per heavy atom. The third-order valence-corrected chi connectivity index (χ3v) is 14.3. The SMILES string of the molecule is FC(F)(F)CCCCCC[n+]1ccccc1-c1c2nc(c(-c3cccc[n+]3CCCCC(F)(F)F)c3ccc([n-]3)c(-c3cccc[n+]3CCCCC(F)(F)F)c3nc(c(-c4cccc[n+]4CCCCC(F)(F)F)c4ccc1[n-]4)C=C3)C=C2.[Mn+2]. The molecule has 2 aliphatic rings. The van der Waals surface area contributed by atoms with Gasteiger partial charge in [0.15, 0.2) is 24.8 Å². The number of aryl methyl sites for hydroxylation is 4. The van der Waals surface area contributed by atoms with Crippen molar-refractivity contribution in [3.8, 4) is 45.0 Å². The zero-order valence-electron chi connectivity index (χ0n) is 45.1. The van der Waals surface area contributed by atoms with Crippen molar-refractivity contribution in [2.75, 3.05) is 0 Å². The van der Waals surface area contributed by atoms with Gasteiger partial charge in [0.25, 0.3) is 0 Å². The molecule has 21 heteroatoms. The first-order valence-electron chi connectivity index (χ1n) is 27.5. The minimum atomic E-state index is -4.33. The molecule has 0 amide bonds. The minimum absolute atomic E-state index is 0. The fourth-order valence-corrected chi connectivity index (χ4v) is 10.5. The average Bonchev–Trinajstić information content (AvgIpc) is 4.40. The summed E-state index contributed by atoms with van der Waals surface area (Å²) in [6.07, 6.45) is -4.65. The second-order valence-electron chi connectivity index (χ2n) is 20.5. The van der Waals surface area contributed by atoms with Crippen LogP contribution >= 0.6 is 0 Å². The maximum Gasteiger partial charge on any atom is 2.00 e. The molecule has 435 valence electrons. The molecule has 8 nitrogen and oxygen atoms in total. The van der Waals surface area contributed by atoms with Gasteiger partial charge >= 0.3 is 41.8 Å². The molecule has 1 radical (unpaired) electrons. The summed E-state index contributed by atoms with van der Waals surface area (Å²) in [6, 6.07) is 29.3. The van der Waals surface area contributed by atoms with Gasteiger partial charge in [0.05, 0.1) is 45.0 Å². The molecule has 9 heterocycles. The van der Waals surface area contributed by atoms with E-state index in [0.29, 0.717) is 116 Å². The Hall–Kier alpha value is -7.12. The Kier molecular flexibility index (Phi) is 20.2. The number of hydrogen-bond donors (Lipinski definition) is 0. The first kappa shape index (κ1) is 61.9. The van der Waals surface area contributed by atoms with E-state index >= 15 is 0 Å². The van der Waals surface area contributed by atoms with E-state index in [1.54, 1.807) is 36.8 Å². The first-order valence-corrected chi connectivity index (χ1v) is 27.5. The number of rotatable bonds is 22. The Bertz CT molecular complexity index is 3530. The van der Waals surface area contributed by atoms with Crippen LogP contribution in [0.3, 0.4) is 0 Å². The Morgan fingerprint density at radius 2 is 0.530 bits per heavy atom. The molecule has 9 rings (SSSR count). The van der Waals surface area contributed by atoms with E-state index in [0.717, 1.165) is 0 Å². The largest absolute Gasteiger partial charge is 2.00 e. The van der Waals surface area contributed by atoms with Gasteiger partial charge in [-0.05, 0) is 80.7 Å². The summed E-state index contributed by atoms with van der Waals surface area (Å²) in [6.45, 7) is 1.09. The Balaban J connectivity index is 0.00000900. The molecule has 0 fully saturated rings. The molecule has 0 atom stereocenters. The number of fused-ring (bicyclic) bond motifs is 8. The molecule has 0 aromatic carbocycles. The summed E-state index contributed by atoms with van der Waals surface area (Å²) in [4.78, 5) is 21.4. The fourth-order valence-electron chi connectivity index (χ4n) is 10.5. The number of aromatic nitrogens is 8. The van der Waals surface area contributed by atoms with E-state index in [1.165, 1.54) is 0 Å². The van der Waals surface area contributed by atoms with Gasteiger partial charge < -0.3 is 9.97 Å². The van der Waals surface area contributed by atoms with Crippen LogP contribution in [0.4, 0.5) is 52.7 Å². The maximum absolute atomic E-state index is 13.4. The Morgan fingerprint density at radius 3 is 0.783 bits per heavy atom. The van der Waals surface area contributed by atoms with Gasteiger partial charge in [-0.25, -0.2) is 9.97 Å². The number of hydrogen-bond acceptors (Lipinski definition) is 2. The smallest absolute Gasteiger partial charge is 0.656 e. The number of pyridine rings is 4. The molecule has 8 bridgehead atoms. The topological polar surface area (TPSA) is 69.5 Å². The zero-order chi connectivity index (χ0) is 58.1. The molecule has 0 saturated carbocycles. The van der Waals surface area contributed by atoms with Gasteiger partial charge in [-0.1, -0.05) is 30.7 Å². The quantitative estimate of drug-likeness (QED) is 0.0293. The van der Waals surface area contributed by atoms with Crippen molar-refractivity contribution < 1.29 is 88.0 Å². The molecule has 0 N–H and O–H groups in total. The second-order valence-corrected chi connectivity index (χ2v) is 20.5. The number of nitrogens with zero attached hydrogens (tertiary/aromatic N) is 8. The van der Waals surface area contributed by atoms with Gasteiger partial charge in [-0.3, -0.25) is 0 Å². The van der Waals surface area contributed by atoms with Crippen molar-refractivity contribution in [3.63, 3.8) is 0 Å². The van der Waals surface area contributed by atoms with Crippen molar-refractivity contribution in [1.82, 2.24) is 19.9 Å². The van der Waals surface area contributed by atoms with E-state index in [9.17, 15) is 52.7 Å². The van der Waals surface area contributed by atoms with E-state index in [-0.39, 0.29) is 81.6 Å². The van der Waals surface area contributed by atoms with Gasteiger partial charge in [0.2, 0.25) is 22.8 Å². The van der Waals surface area contributed by atoms with Crippen molar-refractivity contribution >= 4 is 46.4 Å². The van der Waals surface area contributed by atoms with Crippen molar-refractivity contribution in [2.24, 2.45) is 0 Å². The summed E-state index contributed by atoms with van der Waals surface area (Å²) >= 11 is 0. The molecule has 7 aromatic rings. The van der Waals surface area contributed by atoms with Crippen LogP contribution < -0.4 is 28.2 Å². The second kappa shape index (κ2) is 27.1. The first-order chi connectivity index (χ1) is 39.2. The summed E-state index contributed by atoms with van der Waals surface area (Å²) in [5, 5.41) is 0. The van der Waals surface area contributed by atoms with Crippen LogP contribution in [0.25, 0.3) is 91.4 Å². The van der Waals surface area contributed by atoms with Crippen LogP contribution in [-0.2, 0) is 43.2 Å². The van der Waals surface area contributed by atoms with Crippen molar-refractivity contribution in [3.05, 3.63) is 145 Å². The van der Waals surface area contributed by atoms with Crippen LogP contribution in [0.2, 0.25) is 0 Å². The maximum atomic E-state index is 13.4. The summed E-state index contributed by atoms with van der Waals surface area (Å²) < 4.78 is 167. The number of halogens is 12. The molecule has 0 aliphatic carbocycles. The Labute approximate surface area is 482 Å². The molecule has 0 spiro atoms. The predicted molar refractivity (Wildman–Crippen MR) is 288 cm³/mol. The summed E-state index contributed by atoms with van der Waals surface area (Å²) in [5.41, 5.74) is 8.30. The van der Waals surface area contributed by atoms with Crippen LogP contribution in [-0.4, -0.2) is 34.7 Å². The van der Waals surface area contributed by atoms with E-state index < -0.39 is 50.4 Å². The third-order valence-electron chi connectivity index (χ3n) is 14.3. The van der Waals surface area contributed by atoms with Gasteiger partial charge in [-0.15, -0.1) is 22.1 Å². The number of alkyl halides is 12. The van der Waals surface area contributed by atoms with Crippen LogP contribution in [0.1, 0.15) is 113 Å². The van der Waals surface area contributed by atoms with E-state index in [4.69, 9.17) is 19.9 Å². The summed E-state index contributed by atoms with van der Waals surface area (Å²) in [7, 11) is 0. The van der Waals surface area contributed by atoms with Gasteiger partial charge in [-0.2, -0.15) is 71.0 Å². The number of unbranched alkanes of at least 4 members (excludes halogenated alkanes) is 6. The third kappa shape index (κ3) is 16.6. The predicted octanol–water partition coefficient (Wildman–Crippen LogP) is 15.4. The van der Waals surface area contributed by atoms with Crippen LogP contribution in [0.5, 0.6) is 0 Å². The minimum Gasteiger partial charge on any atom is -0.656 e. The molecule has 2 aliphatic heterocycles. The monoisotopic (exact) mass is 1200 g/mol. The zero-order valence-corrected chi connectivity index (χ0v) is 46.3. The normalized spacial score (nSPS) is 12.8. The molecule has 0 saturated heterocycles. The molecule has 83 heavy (non-hydrogen) atoms. The van der Waals surface area contributed by atoms with Crippen molar-refractivity contribution in [1.29, 1.82) is 0 Å². The van der Waals surface area contributed by atoms with Crippen LogP contribution in [0.15, 0.2) is 122 Å². The molecular formula is C62H60F12MnN8+4. The van der Waals surface area contributed by atoms with Gasteiger partial charge in [0, 0.05) is 99.9 Å². The molecule has 0 unspecified atom stereocenters. The van der Waals surface area contributed by atoms with Crippen molar-refractivity contribution in [2.45, 2.75) is 141 Å². The summed E-state index contributed by atoms with van der Waals surface area (Å²) in [5.74, 6) is 0. The molecule has 7 aromatic heterocycles.